The van der Waals surface area contributed by atoms with Crippen LogP contribution in [0.15, 0.2) is 30.3 Å². The molecule has 0 saturated carbocycles. The van der Waals surface area contributed by atoms with E-state index in [0.717, 1.165) is 24.3 Å². The first kappa shape index (κ1) is 15.1. The van der Waals surface area contributed by atoms with E-state index in [-0.39, 0.29) is 0 Å². The molecule has 0 aliphatic carbocycles. The molecule has 0 aromatic heterocycles. The second-order valence-electron chi connectivity index (χ2n) is 5.16. The molecule has 1 fully saturated rings. The van der Waals surface area contributed by atoms with Crippen molar-refractivity contribution in [1.82, 2.24) is 4.90 Å². The molecule has 1 aromatic rings. The van der Waals surface area contributed by atoms with Gasteiger partial charge in [0.2, 0.25) is 0 Å². The Morgan fingerprint density at radius 3 is 2.90 bits per heavy atom. The highest BCUT2D eigenvalue weighted by atomic mass is 16.5. The predicted octanol–water partition coefficient (Wildman–Crippen LogP) is 3.21. The number of rotatable bonds is 8. The average Bonchev–Trinajstić information content (AvgIpc) is 3.00. The summed E-state index contributed by atoms with van der Waals surface area (Å²) < 4.78 is 10.8. The van der Waals surface area contributed by atoms with E-state index in [4.69, 9.17) is 9.47 Å². The van der Waals surface area contributed by atoms with Crippen LogP contribution in [0.4, 0.5) is 0 Å². The summed E-state index contributed by atoms with van der Waals surface area (Å²) in [6.07, 6.45) is 7.99. The summed E-state index contributed by atoms with van der Waals surface area (Å²) in [7, 11) is 1.69. The lowest BCUT2D eigenvalue weighted by Crippen LogP contribution is -2.21. The van der Waals surface area contributed by atoms with E-state index >= 15 is 0 Å². The maximum Gasteiger partial charge on any atom is 0.119 e. The molecule has 0 bridgehead atoms. The molecule has 3 heteroatoms. The van der Waals surface area contributed by atoms with Gasteiger partial charge in [0.05, 0.1) is 13.7 Å². The maximum absolute atomic E-state index is 5.63. The molecule has 2 rings (SSSR count). The van der Waals surface area contributed by atoms with Gasteiger partial charge in [0.15, 0.2) is 0 Å². The lowest BCUT2D eigenvalue weighted by molar-refractivity contribution is 0.149. The number of nitrogens with zero attached hydrogens (tertiary/aromatic N) is 1. The Morgan fingerprint density at radius 2 is 2.10 bits per heavy atom. The van der Waals surface area contributed by atoms with Crippen molar-refractivity contribution >= 4 is 6.08 Å². The van der Waals surface area contributed by atoms with E-state index in [2.05, 4.69) is 23.1 Å². The zero-order valence-electron chi connectivity index (χ0n) is 12.4. The Balaban J connectivity index is 1.56. The summed E-state index contributed by atoms with van der Waals surface area (Å²) in [5, 5.41) is 0. The lowest BCUT2D eigenvalue weighted by Gasteiger charge is -2.13. The van der Waals surface area contributed by atoms with E-state index in [0.29, 0.717) is 6.61 Å². The van der Waals surface area contributed by atoms with Gasteiger partial charge in [-0.15, -0.1) is 0 Å². The van der Waals surface area contributed by atoms with Crippen molar-refractivity contribution in [2.45, 2.75) is 19.3 Å². The number of benzene rings is 1. The molecular weight excluding hydrogens is 250 g/mol. The first-order valence-corrected chi connectivity index (χ1v) is 7.49. The van der Waals surface area contributed by atoms with Gasteiger partial charge in [0, 0.05) is 13.2 Å². The van der Waals surface area contributed by atoms with Crippen molar-refractivity contribution < 1.29 is 9.47 Å². The number of ether oxygens (including phenoxy) is 2. The minimum Gasteiger partial charge on any atom is -0.497 e. The van der Waals surface area contributed by atoms with Crippen LogP contribution in [0.3, 0.4) is 0 Å². The fourth-order valence-corrected chi connectivity index (χ4v) is 2.48. The van der Waals surface area contributed by atoms with E-state index in [1.54, 1.807) is 7.11 Å². The number of likely N-dealkylation sites (tertiary alicyclic amines) is 1. The molecule has 0 amide bonds. The van der Waals surface area contributed by atoms with Gasteiger partial charge in [-0.3, -0.25) is 0 Å². The standard InChI is InChI=1S/C17H25NO2/c1-19-17-9-4-7-16(15-17)8-5-13-20-14-6-12-18-10-2-3-11-18/h4-5,7-9,15H,2-3,6,10-14H2,1H3/b8-5+. The highest BCUT2D eigenvalue weighted by molar-refractivity contribution is 5.51. The SMILES string of the molecule is COc1cccc(/C=C/COCCCN2CCCC2)c1. The number of hydrogen-bond acceptors (Lipinski definition) is 3. The van der Waals surface area contributed by atoms with Gasteiger partial charge in [-0.1, -0.05) is 24.3 Å². The van der Waals surface area contributed by atoms with Crippen LogP contribution in [-0.4, -0.2) is 44.9 Å². The summed E-state index contributed by atoms with van der Waals surface area (Å²) in [6, 6.07) is 8.03. The summed E-state index contributed by atoms with van der Waals surface area (Å²) in [5.41, 5.74) is 1.14. The summed E-state index contributed by atoms with van der Waals surface area (Å²) in [5.74, 6) is 0.888. The van der Waals surface area contributed by atoms with E-state index in [1.165, 1.54) is 32.5 Å². The molecule has 3 nitrogen and oxygen atoms in total. The lowest BCUT2D eigenvalue weighted by atomic mass is 10.2. The molecule has 110 valence electrons. The maximum atomic E-state index is 5.63. The molecule has 0 radical (unpaired) electrons. The fraction of sp³-hybridized carbons (Fsp3) is 0.529. The van der Waals surface area contributed by atoms with E-state index in [1.807, 2.05) is 18.2 Å². The first-order valence-electron chi connectivity index (χ1n) is 7.49. The predicted molar refractivity (Wildman–Crippen MR) is 83.1 cm³/mol. The third-order valence-electron chi connectivity index (χ3n) is 3.58. The van der Waals surface area contributed by atoms with Crippen molar-refractivity contribution in [3.8, 4) is 5.75 Å². The van der Waals surface area contributed by atoms with Gasteiger partial charge >= 0.3 is 0 Å². The molecule has 0 unspecified atom stereocenters. The zero-order valence-corrected chi connectivity index (χ0v) is 12.4. The normalized spacial score (nSPS) is 16.1. The topological polar surface area (TPSA) is 21.7 Å². The molecule has 1 aromatic carbocycles. The Morgan fingerprint density at radius 1 is 1.25 bits per heavy atom. The van der Waals surface area contributed by atoms with Crippen LogP contribution in [0, 0.1) is 0 Å². The van der Waals surface area contributed by atoms with Gasteiger partial charge in [-0.05, 0) is 50.0 Å². The monoisotopic (exact) mass is 275 g/mol. The van der Waals surface area contributed by atoms with Crippen LogP contribution < -0.4 is 4.74 Å². The van der Waals surface area contributed by atoms with Crippen molar-refractivity contribution in [2.75, 3.05) is 40.0 Å². The Kier molecular flexibility index (Phi) is 6.61. The van der Waals surface area contributed by atoms with Crippen LogP contribution in [0.5, 0.6) is 5.75 Å². The van der Waals surface area contributed by atoms with Gasteiger partial charge in [0.1, 0.15) is 5.75 Å². The minimum absolute atomic E-state index is 0.678. The average molecular weight is 275 g/mol. The molecule has 20 heavy (non-hydrogen) atoms. The Hall–Kier alpha value is -1.32. The molecule has 1 heterocycles. The third-order valence-corrected chi connectivity index (χ3v) is 3.58. The van der Waals surface area contributed by atoms with Crippen molar-refractivity contribution in [3.05, 3.63) is 35.9 Å². The molecule has 1 aliphatic heterocycles. The Labute approximate surface area is 122 Å². The number of hydrogen-bond donors (Lipinski definition) is 0. The van der Waals surface area contributed by atoms with Crippen LogP contribution in [-0.2, 0) is 4.74 Å². The highest BCUT2D eigenvalue weighted by Gasteiger charge is 2.09. The minimum atomic E-state index is 0.678. The molecular formula is C17H25NO2. The van der Waals surface area contributed by atoms with E-state index in [9.17, 15) is 0 Å². The molecule has 1 saturated heterocycles. The largest absolute Gasteiger partial charge is 0.497 e. The quantitative estimate of drug-likeness (QED) is 0.680. The molecule has 0 atom stereocenters. The second-order valence-corrected chi connectivity index (χ2v) is 5.16. The number of methoxy groups -OCH3 is 1. The van der Waals surface area contributed by atoms with Gasteiger partial charge in [0.25, 0.3) is 0 Å². The molecule has 0 N–H and O–H groups in total. The highest BCUT2D eigenvalue weighted by Crippen LogP contribution is 2.13. The smallest absolute Gasteiger partial charge is 0.119 e. The van der Waals surface area contributed by atoms with Crippen LogP contribution in [0.1, 0.15) is 24.8 Å². The van der Waals surface area contributed by atoms with Crippen molar-refractivity contribution in [3.63, 3.8) is 0 Å². The van der Waals surface area contributed by atoms with Crippen molar-refractivity contribution in [2.24, 2.45) is 0 Å². The van der Waals surface area contributed by atoms with Gasteiger partial charge in [-0.2, -0.15) is 0 Å². The fourth-order valence-electron chi connectivity index (χ4n) is 2.48. The first-order chi connectivity index (χ1) is 9.88. The summed E-state index contributed by atoms with van der Waals surface area (Å²) in [4.78, 5) is 2.52. The van der Waals surface area contributed by atoms with Gasteiger partial charge in [-0.25, -0.2) is 0 Å². The summed E-state index contributed by atoms with van der Waals surface area (Å²) >= 11 is 0. The Bertz CT molecular complexity index is 411. The summed E-state index contributed by atoms with van der Waals surface area (Å²) in [6.45, 7) is 5.25. The van der Waals surface area contributed by atoms with Gasteiger partial charge < -0.3 is 14.4 Å². The molecule has 0 spiro atoms. The van der Waals surface area contributed by atoms with Crippen LogP contribution in [0.25, 0.3) is 6.08 Å². The zero-order chi connectivity index (χ0) is 14.0. The molecule has 1 aliphatic rings. The van der Waals surface area contributed by atoms with Crippen molar-refractivity contribution in [1.29, 1.82) is 0 Å². The third kappa shape index (κ3) is 5.35. The van der Waals surface area contributed by atoms with E-state index < -0.39 is 0 Å². The van der Waals surface area contributed by atoms with Crippen LogP contribution >= 0.6 is 0 Å². The van der Waals surface area contributed by atoms with Crippen LogP contribution in [0.2, 0.25) is 0 Å². The second kappa shape index (κ2) is 8.77.